The van der Waals surface area contributed by atoms with E-state index in [9.17, 15) is 24.0 Å². The second-order valence-corrected chi connectivity index (χ2v) is 6.64. The van der Waals surface area contributed by atoms with Crippen LogP contribution in [0.4, 0.5) is 0 Å². The molecule has 1 amide bonds. The number of benzene rings is 1. The zero-order valence-electron chi connectivity index (χ0n) is 17.7. The molecule has 0 fully saturated rings. The number of rotatable bonds is 13. The Hall–Kier alpha value is -3.47. The van der Waals surface area contributed by atoms with Crippen LogP contribution in [-0.2, 0) is 28.7 Å². The molecule has 31 heavy (non-hydrogen) atoms. The van der Waals surface area contributed by atoms with Crippen LogP contribution >= 0.6 is 0 Å². The lowest BCUT2D eigenvalue weighted by atomic mass is 9.90. The monoisotopic (exact) mass is 429 g/mol. The van der Waals surface area contributed by atoms with E-state index in [1.807, 2.05) is 0 Å². The minimum absolute atomic E-state index is 0.0158. The van der Waals surface area contributed by atoms with Crippen LogP contribution in [0.15, 0.2) is 24.3 Å². The first-order valence-corrected chi connectivity index (χ1v) is 10.0. The number of ether oxygens (including phenoxy) is 2. The summed E-state index contributed by atoms with van der Waals surface area (Å²) in [7, 11) is 0. The molecule has 0 aliphatic rings. The van der Waals surface area contributed by atoms with Crippen molar-refractivity contribution in [3.05, 3.63) is 35.4 Å². The summed E-state index contributed by atoms with van der Waals surface area (Å²) in [6.45, 7) is 3.67. The Morgan fingerprint density at radius 2 is 1.74 bits per heavy atom. The Balaban J connectivity index is 2.89. The lowest BCUT2D eigenvalue weighted by Gasteiger charge is -2.17. The van der Waals surface area contributed by atoms with Crippen LogP contribution in [0.1, 0.15) is 61.4 Å². The Labute approximate surface area is 181 Å². The van der Waals surface area contributed by atoms with Gasteiger partial charge >= 0.3 is 11.9 Å². The van der Waals surface area contributed by atoms with Gasteiger partial charge in [-0.3, -0.25) is 19.2 Å². The largest absolute Gasteiger partial charge is 0.466 e. The van der Waals surface area contributed by atoms with Gasteiger partial charge in [0.1, 0.15) is 6.04 Å². The van der Waals surface area contributed by atoms with E-state index in [0.717, 1.165) is 0 Å². The normalized spacial score (nSPS) is 12.0. The van der Waals surface area contributed by atoms with Crippen molar-refractivity contribution in [3.8, 4) is 12.3 Å². The molecule has 166 valence electrons. The van der Waals surface area contributed by atoms with Crippen molar-refractivity contribution < 1.29 is 33.4 Å². The quantitative estimate of drug-likeness (QED) is 0.220. The number of amides is 1. The molecule has 8 heteroatoms. The van der Waals surface area contributed by atoms with E-state index in [1.165, 1.54) is 12.1 Å². The second-order valence-electron chi connectivity index (χ2n) is 6.64. The molecule has 0 saturated carbocycles. The highest BCUT2D eigenvalue weighted by molar-refractivity contribution is 6.25. The summed E-state index contributed by atoms with van der Waals surface area (Å²) in [6, 6.07) is 5.36. The minimum Gasteiger partial charge on any atom is -0.466 e. The standard InChI is InChI=1S/C23H27NO7/c1-4-7-18(14-19(26)15-25)16-8-10-17(11-9-16)22(28)24-20(23(29)31-6-3)12-13-21(27)30-5-2/h1,8-11,15,18,20H,5-7,12-14H2,2-3H3,(H,24,28)/t18?,20-/m0/s1. The highest BCUT2D eigenvalue weighted by atomic mass is 16.5. The van der Waals surface area contributed by atoms with Gasteiger partial charge in [0, 0.05) is 30.7 Å². The SMILES string of the molecule is C#CCC(CC(=O)C=O)c1ccc(C(=O)N[C@@H](CCC(=O)OCC)C(=O)OCC)cc1. The number of carbonyl (C=O) groups excluding carboxylic acids is 5. The first-order chi connectivity index (χ1) is 14.9. The molecule has 1 N–H and O–H groups in total. The molecule has 1 unspecified atom stereocenters. The van der Waals surface area contributed by atoms with Crippen molar-refractivity contribution in [2.75, 3.05) is 13.2 Å². The van der Waals surface area contributed by atoms with E-state index in [2.05, 4.69) is 11.2 Å². The topological polar surface area (TPSA) is 116 Å². The molecule has 1 aromatic carbocycles. The molecule has 0 radical (unpaired) electrons. The van der Waals surface area contributed by atoms with Crippen LogP contribution in [0, 0.1) is 12.3 Å². The Kier molecular flexibility index (Phi) is 11.3. The fourth-order valence-corrected chi connectivity index (χ4v) is 2.88. The van der Waals surface area contributed by atoms with Gasteiger partial charge in [-0.1, -0.05) is 12.1 Å². The molecule has 1 rings (SSSR count). The minimum atomic E-state index is -1.00. The summed E-state index contributed by atoms with van der Waals surface area (Å²) in [5.41, 5.74) is 0.990. The van der Waals surface area contributed by atoms with Crippen molar-refractivity contribution in [2.45, 2.75) is 51.5 Å². The average molecular weight is 429 g/mol. The molecule has 8 nitrogen and oxygen atoms in total. The van der Waals surface area contributed by atoms with Crippen molar-refractivity contribution in [3.63, 3.8) is 0 Å². The zero-order valence-corrected chi connectivity index (χ0v) is 17.7. The number of hydrogen-bond acceptors (Lipinski definition) is 7. The smallest absolute Gasteiger partial charge is 0.328 e. The van der Waals surface area contributed by atoms with Crippen LogP contribution in [0.5, 0.6) is 0 Å². The molecule has 0 bridgehead atoms. The third-order valence-electron chi connectivity index (χ3n) is 4.41. The maximum absolute atomic E-state index is 12.6. The van der Waals surface area contributed by atoms with Crippen LogP contribution < -0.4 is 5.32 Å². The molecular weight excluding hydrogens is 402 g/mol. The number of hydrogen-bond donors (Lipinski definition) is 1. The lowest BCUT2D eigenvalue weighted by Crippen LogP contribution is -2.42. The van der Waals surface area contributed by atoms with E-state index >= 15 is 0 Å². The predicted octanol–water partition coefficient (Wildman–Crippen LogP) is 1.96. The van der Waals surface area contributed by atoms with Crippen LogP contribution in [-0.4, -0.2) is 49.2 Å². The lowest BCUT2D eigenvalue weighted by molar-refractivity contribution is -0.146. The average Bonchev–Trinajstić information content (AvgIpc) is 2.76. The van der Waals surface area contributed by atoms with Gasteiger partial charge in [0.2, 0.25) is 0 Å². The van der Waals surface area contributed by atoms with Gasteiger partial charge in [-0.2, -0.15) is 0 Å². The Bertz CT molecular complexity index is 823. The molecule has 1 aromatic rings. The van der Waals surface area contributed by atoms with E-state index < -0.39 is 29.7 Å². The maximum Gasteiger partial charge on any atom is 0.328 e. The summed E-state index contributed by atoms with van der Waals surface area (Å²) in [5, 5.41) is 2.58. The number of carbonyl (C=O) groups is 5. The van der Waals surface area contributed by atoms with Crippen LogP contribution in [0.3, 0.4) is 0 Å². The Morgan fingerprint density at radius 3 is 2.29 bits per heavy atom. The van der Waals surface area contributed by atoms with Gasteiger partial charge in [-0.25, -0.2) is 4.79 Å². The molecular formula is C23H27NO7. The molecule has 0 saturated heterocycles. The van der Waals surface area contributed by atoms with Crippen molar-refractivity contribution in [1.29, 1.82) is 0 Å². The number of ketones is 1. The molecule has 2 atom stereocenters. The second kappa shape index (κ2) is 13.7. The molecule has 0 aliphatic carbocycles. The van der Waals surface area contributed by atoms with E-state index in [1.54, 1.807) is 26.0 Å². The highest BCUT2D eigenvalue weighted by Gasteiger charge is 2.24. The van der Waals surface area contributed by atoms with E-state index in [-0.39, 0.29) is 56.7 Å². The van der Waals surface area contributed by atoms with Crippen LogP contribution in [0.2, 0.25) is 0 Å². The van der Waals surface area contributed by atoms with Crippen molar-refractivity contribution >= 4 is 29.9 Å². The zero-order chi connectivity index (χ0) is 23.2. The predicted molar refractivity (Wildman–Crippen MR) is 112 cm³/mol. The third kappa shape index (κ3) is 8.83. The highest BCUT2D eigenvalue weighted by Crippen LogP contribution is 2.23. The van der Waals surface area contributed by atoms with Gasteiger partial charge in [0.25, 0.3) is 5.91 Å². The van der Waals surface area contributed by atoms with Gasteiger partial charge < -0.3 is 14.8 Å². The summed E-state index contributed by atoms with van der Waals surface area (Å²) < 4.78 is 9.82. The van der Waals surface area contributed by atoms with E-state index in [4.69, 9.17) is 15.9 Å². The fourth-order valence-electron chi connectivity index (χ4n) is 2.88. The number of esters is 2. The summed E-state index contributed by atoms with van der Waals surface area (Å²) in [6.07, 6.45) is 5.86. The first-order valence-electron chi connectivity index (χ1n) is 10.0. The fraction of sp³-hybridized carbons (Fsp3) is 0.435. The summed E-state index contributed by atoms with van der Waals surface area (Å²) >= 11 is 0. The van der Waals surface area contributed by atoms with Gasteiger partial charge in [0.15, 0.2) is 12.1 Å². The number of aldehydes is 1. The van der Waals surface area contributed by atoms with Gasteiger partial charge in [-0.05, 0) is 38.0 Å². The van der Waals surface area contributed by atoms with Gasteiger partial charge in [-0.15, -0.1) is 12.3 Å². The Morgan fingerprint density at radius 1 is 1.10 bits per heavy atom. The van der Waals surface area contributed by atoms with Gasteiger partial charge in [0.05, 0.1) is 13.2 Å². The van der Waals surface area contributed by atoms with E-state index in [0.29, 0.717) is 5.56 Å². The molecule has 0 heterocycles. The third-order valence-corrected chi connectivity index (χ3v) is 4.41. The summed E-state index contributed by atoms with van der Waals surface area (Å²) in [4.78, 5) is 58.4. The number of Topliss-reactive ketones (excluding diaryl/α,β-unsaturated/α-hetero) is 1. The first kappa shape index (κ1) is 25.6. The maximum atomic E-state index is 12.6. The molecule has 0 spiro atoms. The van der Waals surface area contributed by atoms with Crippen molar-refractivity contribution in [1.82, 2.24) is 5.32 Å². The van der Waals surface area contributed by atoms with Crippen molar-refractivity contribution in [2.24, 2.45) is 0 Å². The summed E-state index contributed by atoms with van der Waals surface area (Å²) in [5.74, 6) is -0.0471. The molecule has 0 aliphatic heterocycles. The van der Waals surface area contributed by atoms with Crippen LogP contribution in [0.25, 0.3) is 0 Å². The number of nitrogens with one attached hydrogen (secondary N) is 1. The number of terminal acetylenes is 1. The molecule has 0 aromatic heterocycles.